The third-order valence-electron chi connectivity index (χ3n) is 5.92. The fraction of sp³-hybridized carbons (Fsp3) is 0.600. The lowest BCUT2D eigenvalue weighted by Gasteiger charge is -2.17. The van der Waals surface area contributed by atoms with Gasteiger partial charge in [0.2, 0.25) is 0 Å². The highest BCUT2D eigenvalue weighted by molar-refractivity contribution is 6.02. The van der Waals surface area contributed by atoms with Crippen LogP contribution in [-0.4, -0.2) is 56.2 Å². The van der Waals surface area contributed by atoms with Gasteiger partial charge in [0, 0.05) is 30.3 Å². The summed E-state index contributed by atoms with van der Waals surface area (Å²) in [5.41, 5.74) is 0.220. The number of aromatic amines is 1. The van der Waals surface area contributed by atoms with E-state index < -0.39 is 37.2 Å². The molecule has 2 aliphatic carbocycles. The first-order valence-corrected chi connectivity index (χ1v) is 10.6. The molecular formula is C20H24F4N6O4. The van der Waals surface area contributed by atoms with E-state index in [1.807, 2.05) is 6.92 Å². The Labute approximate surface area is 191 Å². The van der Waals surface area contributed by atoms with Crippen LogP contribution in [0.3, 0.4) is 0 Å². The first kappa shape index (κ1) is 24.0. The van der Waals surface area contributed by atoms with E-state index in [1.54, 1.807) is 0 Å². The molecule has 2 fully saturated rings. The van der Waals surface area contributed by atoms with Crippen molar-refractivity contribution in [3.63, 3.8) is 0 Å². The lowest BCUT2D eigenvalue weighted by Crippen LogP contribution is -2.38. The number of rotatable bonds is 7. The molecular weight excluding hydrogens is 464 g/mol. The van der Waals surface area contributed by atoms with Gasteiger partial charge in [0.1, 0.15) is 24.6 Å². The van der Waals surface area contributed by atoms with Gasteiger partial charge in [0.25, 0.3) is 5.91 Å². The molecule has 2 amide bonds. The van der Waals surface area contributed by atoms with Crippen LogP contribution in [0, 0.1) is 0 Å². The van der Waals surface area contributed by atoms with Crippen LogP contribution in [0.15, 0.2) is 12.1 Å². The molecule has 0 aliphatic heterocycles. The first-order valence-electron chi connectivity index (χ1n) is 10.6. The molecule has 2 aliphatic rings. The number of ether oxygens (including phenoxy) is 2. The number of halogens is 4. The number of H-pyrrole nitrogens is 1. The number of anilines is 1. The fourth-order valence-electron chi connectivity index (χ4n) is 3.81. The van der Waals surface area contributed by atoms with E-state index in [1.165, 1.54) is 19.2 Å². The van der Waals surface area contributed by atoms with Crippen LogP contribution in [0.5, 0.6) is 0 Å². The van der Waals surface area contributed by atoms with Crippen molar-refractivity contribution in [2.45, 2.75) is 69.3 Å². The maximum atomic E-state index is 14.5. The zero-order chi connectivity index (χ0) is 24.7. The minimum atomic E-state index is -4.81. The van der Waals surface area contributed by atoms with Crippen molar-refractivity contribution < 1.29 is 36.6 Å². The van der Waals surface area contributed by atoms with Gasteiger partial charge in [-0.15, -0.1) is 13.2 Å². The molecule has 4 rings (SSSR count). The van der Waals surface area contributed by atoms with Crippen molar-refractivity contribution in [1.82, 2.24) is 25.3 Å². The number of aromatic nitrogens is 4. The molecule has 2 aromatic rings. The van der Waals surface area contributed by atoms with Crippen molar-refractivity contribution in [1.29, 1.82) is 0 Å². The number of hydrogen-bond donors (Lipinski definition) is 3. The summed E-state index contributed by atoms with van der Waals surface area (Å²) in [6.07, 6.45) is -5.58. The molecule has 3 atom stereocenters. The summed E-state index contributed by atoms with van der Waals surface area (Å²) in [7, 11) is 1.40. The molecule has 2 heterocycles. The largest absolute Gasteiger partial charge is 0.522 e. The molecule has 0 radical (unpaired) electrons. The van der Waals surface area contributed by atoms with Gasteiger partial charge in [0.05, 0.1) is 5.69 Å². The lowest BCUT2D eigenvalue weighted by atomic mass is 10.0. The van der Waals surface area contributed by atoms with Crippen LogP contribution in [0.4, 0.5) is 28.2 Å². The average molecular weight is 488 g/mol. The molecule has 14 heteroatoms. The number of hydrogen-bond acceptors (Lipinski definition) is 6. The lowest BCUT2D eigenvalue weighted by molar-refractivity contribution is -0.330. The number of carbonyl (C=O) groups is 2. The van der Waals surface area contributed by atoms with E-state index >= 15 is 0 Å². The summed E-state index contributed by atoms with van der Waals surface area (Å²) in [4.78, 5) is 24.5. The number of amides is 2. The Hall–Kier alpha value is -3.16. The predicted molar refractivity (Wildman–Crippen MR) is 109 cm³/mol. The van der Waals surface area contributed by atoms with Gasteiger partial charge < -0.3 is 15.4 Å². The predicted octanol–water partition coefficient (Wildman–Crippen LogP) is 3.29. The molecule has 2 saturated carbocycles. The molecule has 186 valence electrons. The van der Waals surface area contributed by atoms with Crippen LogP contribution in [0.1, 0.15) is 60.4 Å². The fourth-order valence-corrected chi connectivity index (χ4v) is 3.81. The van der Waals surface area contributed by atoms with Gasteiger partial charge in [-0.05, 0) is 38.7 Å². The van der Waals surface area contributed by atoms with E-state index in [2.05, 4.69) is 30.7 Å². The third-order valence-corrected chi connectivity index (χ3v) is 5.92. The quantitative estimate of drug-likeness (QED) is 0.514. The molecule has 34 heavy (non-hydrogen) atoms. The summed E-state index contributed by atoms with van der Waals surface area (Å²) >= 11 is 0. The maximum Gasteiger partial charge on any atom is 0.522 e. The Balaban J connectivity index is 1.32. The second-order valence-corrected chi connectivity index (χ2v) is 8.86. The molecule has 3 unspecified atom stereocenters. The monoisotopic (exact) mass is 488 g/mol. The summed E-state index contributed by atoms with van der Waals surface area (Å²) in [5, 5.41) is 15.8. The van der Waals surface area contributed by atoms with Gasteiger partial charge in [-0.25, -0.2) is 9.18 Å². The Morgan fingerprint density at radius 3 is 2.71 bits per heavy atom. The Morgan fingerprint density at radius 1 is 1.29 bits per heavy atom. The molecule has 0 aromatic carbocycles. The topological polar surface area (TPSA) is 123 Å². The highest BCUT2D eigenvalue weighted by Crippen LogP contribution is 2.39. The normalized spacial score (nSPS) is 23.5. The van der Waals surface area contributed by atoms with E-state index in [4.69, 9.17) is 4.74 Å². The molecule has 10 nitrogen and oxygen atoms in total. The van der Waals surface area contributed by atoms with E-state index in [0.29, 0.717) is 5.69 Å². The minimum Gasteiger partial charge on any atom is -0.443 e. The van der Waals surface area contributed by atoms with Crippen molar-refractivity contribution in [3.8, 4) is 0 Å². The smallest absolute Gasteiger partial charge is 0.443 e. The second kappa shape index (κ2) is 8.89. The van der Waals surface area contributed by atoms with Gasteiger partial charge in [-0.3, -0.25) is 19.3 Å². The minimum absolute atomic E-state index is 0.00107. The SMILES string of the molecule is Cn1nc(COC(F)(F)F)cc1C(=O)Nc1cc(C2CC(F)C(OC(=O)NC3(C)CC3)C2)[nH]n1. The first-order chi connectivity index (χ1) is 15.9. The van der Waals surface area contributed by atoms with Crippen molar-refractivity contribution in [2.75, 3.05) is 5.32 Å². The number of aryl methyl sites for hydroxylation is 1. The molecule has 3 N–H and O–H groups in total. The zero-order valence-electron chi connectivity index (χ0n) is 18.4. The van der Waals surface area contributed by atoms with Gasteiger partial charge in [-0.2, -0.15) is 10.2 Å². The van der Waals surface area contributed by atoms with Crippen LogP contribution >= 0.6 is 0 Å². The Kier molecular flexibility index (Phi) is 6.27. The van der Waals surface area contributed by atoms with Crippen molar-refractivity contribution in [3.05, 3.63) is 29.2 Å². The number of alkyl halides is 4. The average Bonchev–Trinajstić information content (AvgIpc) is 3.09. The third kappa shape index (κ3) is 5.85. The van der Waals surface area contributed by atoms with Gasteiger partial charge in [-0.1, -0.05) is 0 Å². The Morgan fingerprint density at radius 2 is 2.03 bits per heavy atom. The second-order valence-electron chi connectivity index (χ2n) is 8.86. The van der Waals surface area contributed by atoms with Crippen LogP contribution in [0.25, 0.3) is 0 Å². The number of alkyl carbamates (subject to hydrolysis) is 1. The maximum absolute atomic E-state index is 14.5. The van der Waals surface area contributed by atoms with Gasteiger partial charge >= 0.3 is 12.5 Å². The van der Waals surface area contributed by atoms with Crippen LogP contribution < -0.4 is 10.6 Å². The van der Waals surface area contributed by atoms with Crippen molar-refractivity contribution >= 4 is 17.8 Å². The molecule has 2 aromatic heterocycles. The molecule has 0 bridgehead atoms. The standard InChI is InChI=1S/C20H24F4N6O4/c1-19(3-4-19)26-18(32)34-15-6-10(5-12(15)21)13-8-16(28-27-13)25-17(31)14-7-11(29-30(14)2)9-33-20(22,23)24/h7-8,10,12,15H,3-6,9H2,1-2H3,(H,26,32)(H2,25,27,28,31). The number of nitrogens with one attached hydrogen (secondary N) is 3. The summed E-state index contributed by atoms with van der Waals surface area (Å²) in [6.45, 7) is 1.06. The summed E-state index contributed by atoms with van der Waals surface area (Å²) in [5.74, 6) is -0.800. The Bertz CT molecular complexity index is 1060. The van der Waals surface area contributed by atoms with E-state index in [0.717, 1.165) is 17.5 Å². The summed E-state index contributed by atoms with van der Waals surface area (Å²) in [6, 6.07) is 2.71. The molecule has 0 saturated heterocycles. The zero-order valence-corrected chi connectivity index (χ0v) is 18.4. The van der Waals surface area contributed by atoms with E-state index in [-0.39, 0.29) is 41.5 Å². The van der Waals surface area contributed by atoms with Crippen LogP contribution in [-0.2, 0) is 23.1 Å². The highest BCUT2D eigenvalue weighted by Gasteiger charge is 2.42. The number of carbonyl (C=O) groups excluding carboxylic acids is 2. The van der Waals surface area contributed by atoms with Crippen molar-refractivity contribution in [2.24, 2.45) is 7.05 Å². The number of nitrogens with zero attached hydrogens (tertiary/aromatic N) is 3. The van der Waals surface area contributed by atoms with Gasteiger partial charge in [0.15, 0.2) is 5.82 Å². The molecule has 0 spiro atoms. The highest BCUT2D eigenvalue weighted by atomic mass is 19.4. The van der Waals surface area contributed by atoms with Crippen LogP contribution in [0.2, 0.25) is 0 Å². The van der Waals surface area contributed by atoms with E-state index in [9.17, 15) is 27.2 Å². The summed E-state index contributed by atoms with van der Waals surface area (Å²) < 4.78 is 61.2.